The number of hydrogen-bond acceptors (Lipinski definition) is 9. The zero-order valence-corrected chi connectivity index (χ0v) is 15.1. The zero-order chi connectivity index (χ0) is 18.6. The molecule has 5 atom stereocenters. The molecule has 0 bridgehead atoms. The maximum atomic E-state index is 10.1. The van der Waals surface area contributed by atoms with E-state index in [0.29, 0.717) is 23.0 Å². The molecule has 1 aliphatic rings. The lowest BCUT2D eigenvalue weighted by Gasteiger charge is -2.39. The van der Waals surface area contributed by atoms with Gasteiger partial charge in [-0.1, -0.05) is 0 Å². The Bertz CT molecular complexity index is 542. The minimum Gasteiger partial charge on any atom is -0.493 e. The lowest BCUT2D eigenvalue weighted by atomic mass is 10.0. The van der Waals surface area contributed by atoms with E-state index in [1.807, 2.05) is 0 Å². The monoisotopic (exact) mass is 376 g/mol. The van der Waals surface area contributed by atoms with Crippen LogP contribution in [0.2, 0.25) is 0 Å². The van der Waals surface area contributed by atoms with Gasteiger partial charge in [-0.2, -0.15) is 0 Å². The van der Waals surface area contributed by atoms with Gasteiger partial charge in [0.25, 0.3) is 0 Å². The van der Waals surface area contributed by atoms with Gasteiger partial charge in [0.15, 0.2) is 11.5 Å². The number of methoxy groups -OCH3 is 3. The van der Waals surface area contributed by atoms with Gasteiger partial charge in [-0.05, 0) is 17.7 Å². The van der Waals surface area contributed by atoms with Gasteiger partial charge in [0.05, 0.1) is 27.9 Å². The Morgan fingerprint density at radius 2 is 1.56 bits per heavy atom. The molecule has 142 valence electrons. The third-order valence-electron chi connectivity index (χ3n) is 3.99. The van der Waals surface area contributed by atoms with Crippen LogP contribution in [0.25, 0.3) is 0 Å². The molecule has 0 aliphatic carbocycles. The van der Waals surface area contributed by atoms with Crippen molar-refractivity contribution in [3.63, 3.8) is 0 Å². The lowest BCUT2D eigenvalue weighted by Crippen LogP contribution is -2.57. The molecule has 0 aromatic heterocycles. The van der Waals surface area contributed by atoms with Crippen molar-refractivity contribution in [3.8, 4) is 17.2 Å². The van der Waals surface area contributed by atoms with Crippen molar-refractivity contribution < 1.29 is 39.4 Å². The molecule has 1 aromatic rings. The summed E-state index contributed by atoms with van der Waals surface area (Å²) in [5.74, 6) is 1.91. The van der Waals surface area contributed by atoms with E-state index < -0.39 is 36.5 Å². The topological polar surface area (TPSA) is 118 Å². The summed E-state index contributed by atoms with van der Waals surface area (Å²) in [5, 5.41) is 38.9. The summed E-state index contributed by atoms with van der Waals surface area (Å²) in [4.78, 5) is 0. The predicted molar refractivity (Wildman–Crippen MR) is 91.2 cm³/mol. The van der Waals surface area contributed by atoms with Crippen molar-refractivity contribution in [2.75, 3.05) is 27.9 Å². The maximum absolute atomic E-state index is 10.1. The Kier molecular flexibility index (Phi) is 7.17. The second kappa shape index (κ2) is 8.93. The average molecular weight is 376 g/mol. The van der Waals surface area contributed by atoms with Crippen LogP contribution >= 0.6 is 11.8 Å². The number of ether oxygens (including phenoxy) is 4. The lowest BCUT2D eigenvalue weighted by molar-refractivity contribution is -0.205. The van der Waals surface area contributed by atoms with E-state index in [0.717, 1.165) is 5.56 Å². The van der Waals surface area contributed by atoms with Crippen molar-refractivity contribution in [2.24, 2.45) is 0 Å². The van der Waals surface area contributed by atoms with E-state index in [2.05, 4.69) is 0 Å². The third-order valence-corrected chi connectivity index (χ3v) is 5.21. The van der Waals surface area contributed by atoms with E-state index in [-0.39, 0.29) is 0 Å². The molecule has 25 heavy (non-hydrogen) atoms. The highest BCUT2D eigenvalue weighted by Gasteiger charge is 2.43. The molecular formula is C16H24O8S. The van der Waals surface area contributed by atoms with E-state index in [1.165, 1.54) is 33.1 Å². The van der Waals surface area contributed by atoms with Crippen LogP contribution in [-0.4, -0.2) is 78.2 Å². The van der Waals surface area contributed by atoms with Crippen LogP contribution in [0.1, 0.15) is 5.56 Å². The molecule has 0 saturated carbocycles. The van der Waals surface area contributed by atoms with Crippen LogP contribution in [0.5, 0.6) is 17.2 Å². The van der Waals surface area contributed by atoms with E-state index in [1.54, 1.807) is 12.1 Å². The molecule has 1 aromatic carbocycles. The molecule has 4 N–H and O–H groups in total. The first-order valence-corrected chi connectivity index (χ1v) is 8.72. The van der Waals surface area contributed by atoms with Crippen LogP contribution < -0.4 is 14.2 Å². The summed E-state index contributed by atoms with van der Waals surface area (Å²) >= 11 is 1.23. The van der Waals surface area contributed by atoms with Gasteiger partial charge in [-0.15, -0.1) is 11.8 Å². The highest BCUT2D eigenvalue weighted by atomic mass is 32.2. The first-order valence-electron chi connectivity index (χ1n) is 7.67. The molecule has 0 unspecified atom stereocenters. The molecule has 2 rings (SSSR count). The predicted octanol–water partition coefficient (Wildman–Crippen LogP) is -0.255. The largest absolute Gasteiger partial charge is 0.493 e. The number of hydrogen-bond donors (Lipinski definition) is 4. The molecule has 9 heteroatoms. The van der Waals surface area contributed by atoms with Gasteiger partial charge in [0, 0.05) is 5.75 Å². The Balaban J connectivity index is 2.12. The first kappa shape index (κ1) is 20.1. The van der Waals surface area contributed by atoms with Crippen LogP contribution in [0.15, 0.2) is 12.1 Å². The summed E-state index contributed by atoms with van der Waals surface area (Å²) in [6, 6.07) is 3.55. The Hall–Kier alpha value is -1.23. The van der Waals surface area contributed by atoms with E-state index >= 15 is 0 Å². The zero-order valence-electron chi connectivity index (χ0n) is 14.3. The first-order chi connectivity index (χ1) is 12.0. The number of aliphatic hydroxyl groups excluding tert-OH is 4. The minimum atomic E-state index is -1.39. The van der Waals surface area contributed by atoms with E-state index in [4.69, 9.17) is 18.9 Å². The minimum absolute atomic E-state index is 0.416. The van der Waals surface area contributed by atoms with Crippen molar-refractivity contribution in [2.45, 2.75) is 35.6 Å². The number of benzene rings is 1. The van der Waals surface area contributed by atoms with Gasteiger partial charge in [0.2, 0.25) is 5.75 Å². The number of aliphatic hydroxyl groups is 4. The van der Waals surface area contributed by atoms with Gasteiger partial charge < -0.3 is 39.4 Å². The van der Waals surface area contributed by atoms with Crippen LogP contribution in [-0.2, 0) is 10.5 Å². The smallest absolute Gasteiger partial charge is 0.203 e. The second-order valence-corrected chi connectivity index (χ2v) is 6.63. The highest BCUT2D eigenvalue weighted by Crippen LogP contribution is 2.40. The van der Waals surface area contributed by atoms with Crippen molar-refractivity contribution >= 4 is 11.8 Å². The normalized spacial score (nSPS) is 29.3. The van der Waals surface area contributed by atoms with Crippen LogP contribution in [0.4, 0.5) is 0 Å². The molecule has 1 heterocycles. The van der Waals surface area contributed by atoms with Crippen molar-refractivity contribution in [1.29, 1.82) is 0 Å². The number of thioether (sulfide) groups is 1. The fourth-order valence-electron chi connectivity index (χ4n) is 2.60. The highest BCUT2D eigenvalue weighted by molar-refractivity contribution is 7.99. The molecular weight excluding hydrogens is 352 g/mol. The molecule has 0 spiro atoms. The summed E-state index contributed by atoms with van der Waals surface area (Å²) in [6.45, 7) is -0.452. The SMILES string of the molecule is COc1cc(CS[C@@H]2O[C@H](CO)[C@@H](O)[C@H](O)[C@H]2O)cc(OC)c1OC. The average Bonchev–Trinajstić information content (AvgIpc) is 2.64. The third kappa shape index (κ3) is 4.30. The van der Waals surface area contributed by atoms with Gasteiger partial charge in [0.1, 0.15) is 29.9 Å². The quantitative estimate of drug-likeness (QED) is 0.511. The summed E-state index contributed by atoms with van der Waals surface area (Å²) in [7, 11) is 4.56. The molecule has 0 amide bonds. The Morgan fingerprint density at radius 1 is 0.960 bits per heavy atom. The molecule has 0 radical (unpaired) electrons. The fourth-order valence-corrected chi connectivity index (χ4v) is 3.71. The molecule has 8 nitrogen and oxygen atoms in total. The van der Waals surface area contributed by atoms with Crippen LogP contribution in [0.3, 0.4) is 0 Å². The van der Waals surface area contributed by atoms with Crippen molar-refractivity contribution in [3.05, 3.63) is 17.7 Å². The fraction of sp³-hybridized carbons (Fsp3) is 0.625. The molecule has 1 aliphatic heterocycles. The van der Waals surface area contributed by atoms with Gasteiger partial charge >= 0.3 is 0 Å². The Labute approximate surface area is 150 Å². The summed E-state index contributed by atoms with van der Waals surface area (Å²) in [6.07, 6.45) is -4.94. The molecule has 1 fully saturated rings. The number of rotatable bonds is 7. The van der Waals surface area contributed by atoms with Crippen LogP contribution in [0, 0.1) is 0 Å². The summed E-state index contributed by atoms with van der Waals surface area (Å²) < 4.78 is 21.3. The van der Waals surface area contributed by atoms with Gasteiger partial charge in [-0.3, -0.25) is 0 Å². The maximum Gasteiger partial charge on any atom is 0.203 e. The standard InChI is InChI=1S/C16H24O8S/c1-21-9-4-8(5-10(22-2)15(9)23-3)7-25-16-14(20)13(19)12(18)11(6-17)24-16/h4-5,11-14,16-20H,6-7H2,1-3H3/t11-,12-,13+,14-,16+/m1/s1. The van der Waals surface area contributed by atoms with E-state index in [9.17, 15) is 20.4 Å². The van der Waals surface area contributed by atoms with Gasteiger partial charge in [-0.25, -0.2) is 0 Å². The second-order valence-electron chi connectivity index (χ2n) is 5.54. The summed E-state index contributed by atoms with van der Waals surface area (Å²) in [5.41, 5.74) is 0.0334. The van der Waals surface area contributed by atoms with Crippen molar-refractivity contribution in [1.82, 2.24) is 0 Å². The molecule has 1 saturated heterocycles. The Morgan fingerprint density at radius 3 is 2.04 bits per heavy atom.